The summed E-state index contributed by atoms with van der Waals surface area (Å²) in [6, 6.07) is 1.59. The van der Waals surface area contributed by atoms with E-state index < -0.39 is 6.09 Å². The SMILES string of the molecule is C#Cc1ccnc(N2CC(COC)OC2=O)n1. The number of methoxy groups -OCH3 is 1. The van der Waals surface area contributed by atoms with Crippen LogP contribution in [0.4, 0.5) is 10.7 Å². The molecule has 1 aliphatic heterocycles. The Morgan fingerprint density at radius 3 is 3.29 bits per heavy atom. The Morgan fingerprint density at radius 1 is 1.76 bits per heavy atom. The highest BCUT2D eigenvalue weighted by Crippen LogP contribution is 2.17. The van der Waals surface area contributed by atoms with Crippen molar-refractivity contribution in [2.24, 2.45) is 0 Å². The van der Waals surface area contributed by atoms with Gasteiger partial charge in [0.1, 0.15) is 11.8 Å². The van der Waals surface area contributed by atoms with E-state index in [0.717, 1.165) is 0 Å². The largest absolute Gasteiger partial charge is 0.441 e. The van der Waals surface area contributed by atoms with Gasteiger partial charge in [0.2, 0.25) is 5.95 Å². The zero-order chi connectivity index (χ0) is 12.3. The number of anilines is 1. The average Bonchev–Trinajstić information content (AvgIpc) is 2.71. The maximum Gasteiger partial charge on any atom is 0.417 e. The van der Waals surface area contributed by atoms with Crippen molar-refractivity contribution >= 4 is 12.0 Å². The molecule has 1 amide bonds. The van der Waals surface area contributed by atoms with Gasteiger partial charge in [-0.15, -0.1) is 6.42 Å². The van der Waals surface area contributed by atoms with Crippen LogP contribution in [0.5, 0.6) is 0 Å². The van der Waals surface area contributed by atoms with Crippen LogP contribution in [-0.4, -0.2) is 42.4 Å². The Bertz CT molecular complexity index is 469. The first-order valence-corrected chi connectivity index (χ1v) is 5.01. The van der Waals surface area contributed by atoms with Crippen LogP contribution in [0.1, 0.15) is 5.69 Å². The fourth-order valence-electron chi connectivity index (χ4n) is 1.52. The minimum Gasteiger partial charge on any atom is -0.441 e. The molecule has 1 aliphatic rings. The lowest BCUT2D eigenvalue weighted by Crippen LogP contribution is -2.27. The van der Waals surface area contributed by atoms with Gasteiger partial charge in [-0.2, -0.15) is 0 Å². The maximum atomic E-state index is 11.6. The second-order valence-electron chi connectivity index (χ2n) is 3.46. The quantitative estimate of drug-likeness (QED) is 0.708. The van der Waals surface area contributed by atoms with E-state index >= 15 is 0 Å². The van der Waals surface area contributed by atoms with Gasteiger partial charge >= 0.3 is 6.09 Å². The smallest absolute Gasteiger partial charge is 0.417 e. The fourth-order valence-corrected chi connectivity index (χ4v) is 1.52. The molecule has 1 aromatic rings. The van der Waals surface area contributed by atoms with Crippen molar-refractivity contribution in [1.29, 1.82) is 0 Å². The number of hydrogen-bond donors (Lipinski definition) is 0. The van der Waals surface area contributed by atoms with E-state index in [1.807, 2.05) is 0 Å². The Kier molecular flexibility index (Phi) is 3.21. The molecule has 88 valence electrons. The number of nitrogens with zero attached hydrogens (tertiary/aromatic N) is 3. The molecule has 1 saturated heterocycles. The van der Waals surface area contributed by atoms with Crippen molar-refractivity contribution < 1.29 is 14.3 Å². The third-order valence-electron chi connectivity index (χ3n) is 2.26. The van der Waals surface area contributed by atoms with E-state index in [-0.39, 0.29) is 12.1 Å². The summed E-state index contributed by atoms with van der Waals surface area (Å²) in [6.07, 6.45) is 5.96. The van der Waals surface area contributed by atoms with Crippen molar-refractivity contribution in [3.05, 3.63) is 18.0 Å². The van der Waals surface area contributed by atoms with E-state index in [1.54, 1.807) is 13.2 Å². The highest BCUT2D eigenvalue weighted by atomic mass is 16.6. The van der Waals surface area contributed by atoms with E-state index in [9.17, 15) is 4.79 Å². The van der Waals surface area contributed by atoms with Gasteiger partial charge in [-0.25, -0.2) is 19.7 Å². The first-order chi connectivity index (χ1) is 8.24. The van der Waals surface area contributed by atoms with E-state index in [2.05, 4.69) is 15.9 Å². The molecule has 2 heterocycles. The first kappa shape index (κ1) is 11.4. The summed E-state index contributed by atoms with van der Waals surface area (Å²) in [5, 5.41) is 0. The van der Waals surface area contributed by atoms with Crippen LogP contribution in [-0.2, 0) is 9.47 Å². The summed E-state index contributed by atoms with van der Waals surface area (Å²) in [6.45, 7) is 0.706. The van der Waals surface area contributed by atoms with Crippen LogP contribution < -0.4 is 4.90 Å². The first-order valence-electron chi connectivity index (χ1n) is 5.01. The number of rotatable bonds is 3. The molecule has 1 atom stereocenters. The summed E-state index contributed by atoms with van der Waals surface area (Å²) < 4.78 is 10.00. The Hall–Kier alpha value is -2.13. The second-order valence-corrected chi connectivity index (χ2v) is 3.46. The number of ether oxygens (including phenoxy) is 2. The number of carbonyl (C=O) groups is 1. The molecule has 0 aliphatic carbocycles. The molecule has 17 heavy (non-hydrogen) atoms. The molecular weight excluding hydrogens is 222 g/mol. The van der Waals surface area contributed by atoms with Crippen LogP contribution in [0.3, 0.4) is 0 Å². The van der Waals surface area contributed by atoms with Crippen molar-refractivity contribution in [2.75, 3.05) is 25.2 Å². The third-order valence-corrected chi connectivity index (χ3v) is 2.26. The molecule has 0 spiro atoms. The molecular formula is C11H11N3O3. The van der Waals surface area contributed by atoms with Gasteiger partial charge in [-0.05, 0) is 6.07 Å². The van der Waals surface area contributed by atoms with Crippen molar-refractivity contribution in [1.82, 2.24) is 9.97 Å². The van der Waals surface area contributed by atoms with Crippen LogP contribution >= 0.6 is 0 Å². The fraction of sp³-hybridized carbons (Fsp3) is 0.364. The van der Waals surface area contributed by atoms with Gasteiger partial charge in [0, 0.05) is 13.3 Å². The van der Waals surface area contributed by atoms with Gasteiger partial charge in [-0.3, -0.25) is 0 Å². The van der Waals surface area contributed by atoms with Crippen molar-refractivity contribution in [2.45, 2.75) is 6.10 Å². The lowest BCUT2D eigenvalue weighted by Gasteiger charge is -2.09. The van der Waals surface area contributed by atoms with Gasteiger partial charge in [0.05, 0.1) is 13.2 Å². The zero-order valence-electron chi connectivity index (χ0n) is 9.29. The molecule has 0 N–H and O–H groups in total. The number of terminal acetylenes is 1. The summed E-state index contributed by atoms with van der Waals surface area (Å²) in [4.78, 5) is 21.0. The van der Waals surface area contributed by atoms with Crippen LogP contribution in [0, 0.1) is 12.3 Å². The molecule has 0 bridgehead atoms. The molecule has 0 aromatic carbocycles. The Balaban J connectivity index is 2.17. The van der Waals surface area contributed by atoms with Crippen molar-refractivity contribution in [3.8, 4) is 12.3 Å². The molecule has 0 saturated carbocycles. The second kappa shape index (κ2) is 4.80. The summed E-state index contributed by atoms with van der Waals surface area (Å²) in [5.74, 6) is 2.64. The third kappa shape index (κ3) is 2.34. The predicted octanol–water partition coefficient (Wildman–Crippen LogP) is 0.429. The Labute approximate surface area is 98.6 Å². The summed E-state index contributed by atoms with van der Waals surface area (Å²) in [5.41, 5.74) is 0.429. The van der Waals surface area contributed by atoms with E-state index in [4.69, 9.17) is 15.9 Å². The zero-order valence-corrected chi connectivity index (χ0v) is 9.29. The summed E-state index contributed by atoms with van der Waals surface area (Å²) in [7, 11) is 1.55. The molecule has 1 unspecified atom stereocenters. The standard InChI is InChI=1S/C11H11N3O3/c1-3-8-4-5-12-10(13-8)14-6-9(7-16-2)17-11(14)15/h1,4-5,9H,6-7H2,2H3. The van der Waals surface area contributed by atoms with Crippen LogP contribution in [0.25, 0.3) is 0 Å². The minimum atomic E-state index is -0.485. The minimum absolute atomic E-state index is 0.254. The lowest BCUT2D eigenvalue weighted by atomic mass is 10.4. The highest BCUT2D eigenvalue weighted by Gasteiger charge is 2.33. The molecule has 1 fully saturated rings. The molecule has 6 nitrogen and oxygen atoms in total. The monoisotopic (exact) mass is 233 g/mol. The van der Waals surface area contributed by atoms with Crippen molar-refractivity contribution in [3.63, 3.8) is 0 Å². The van der Waals surface area contributed by atoms with E-state index in [1.165, 1.54) is 11.1 Å². The molecule has 0 radical (unpaired) electrons. The summed E-state index contributed by atoms with van der Waals surface area (Å²) >= 11 is 0. The highest BCUT2D eigenvalue weighted by molar-refractivity contribution is 5.87. The number of carbonyl (C=O) groups excluding carboxylic acids is 1. The molecule has 2 rings (SSSR count). The predicted molar refractivity (Wildman–Crippen MR) is 59.5 cm³/mol. The van der Waals surface area contributed by atoms with Crippen LogP contribution in [0.2, 0.25) is 0 Å². The number of cyclic esters (lactones) is 1. The van der Waals surface area contributed by atoms with Gasteiger partial charge in [0.25, 0.3) is 0 Å². The van der Waals surface area contributed by atoms with Gasteiger partial charge in [-0.1, -0.05) is 5.92 Å². The molecule has 6 heteroatoms. The average molecular weight is 233 g/mol. The maximum absolute atomic E-state index is 11.6. The Morgan fingerprint density at radius 2 is 2.59 bits per heavy atom. The van der Waals surface area contributed by atoms with Gasteiger partial charge in [0.15, 0.2) is 0 Å². The molecule has 1 aromatic heterocycles. The number of aromatic nitrogens is 2. The van der Waals surface area contributed by atoms with Crippen LogP contribution in [0.15, 0.2) is 12.3 Å². The number of hydrogen-bond acceptors (Lipinski definition) is 5. The normalized spacial score (nSPS) is 18.9. The van der Waals surface area contributed by atoms with Gasteiger partial charge < -0.3 is 9.47 Å². The number of amides is 1. The topological polar surface area (TPSA) is 64.6 Å². The van der Waals surface area contributed by atoms with E-state index in [0.29, 0.717) is 18.8 Å². The lowest BCUT2D eigenvalue weighted by molar-refractivity contribution is 0.0718.